The maximum absolute atomic E-state index is 5.53. The molecule has 2 aromatic carbocycles. The Hall–Kier alpha value is -2.46. The number of benzene rings is 2. The normalized spacial score (nSPS) is 11.0. The van der Waals surface area contributed by atoms with Crippen LogP contribution in [-0.4, -0.2) is 9.97 Å². The van der Waals surface area contributed by atoms with Gasteiger partial charge < -0.3 is 4.42 Å². The number of hydrogen-bond donors (Lipinski definition) is 0. The van der Waals surface area contributed by atoms with Gasteiger partial charge in [0.15, 0.2) is 0 Å². The molecule has 2 aromatic heterocycles. The fourth-order valence-corrected chi connectivity index (χ4v) is 2.96. The summed E-state index contributed by atoms with van der Waals surface area (Å²) in [5.41, 5.74) is 4.84. The zero-order valence-electron chi connectivity index (χ0n) is 10.5. The minimum Gasteiger partial charge on any atom is -0.444 e. The van der Waals surface area contributed by atoms with Gasteiger partial charge in [-0.05, 0) is 10.8 Å². The summed E-state index contributed by atoms with van der Waals surface area (Å²) in [5, 5.41) is 4.33. The van der Waals surface area contributed by atoms with Gasteiger partial charge in [0.1, 0.15) is 6.26 Å². The molecule has 96 valence electrons. The van der Waals surface area contributed by atoms with Crippen LogP contribution < -0.4 is 0 Å². The third kappa shape index (κ3) is 1.73. The van der Waals surface area contributed by atoms with E-state index in [4.69, 9.17) is 4.42 Å². The largest absolute Gasteiger partial charge is 0.444 e. The first-order chi connectivity index (χ1) is 9.93. The Morgan fingerprint density at radius 1 is 1.00 bits per heavy atom. The fraction of sp³-hybridized carbons (Fsp3) is 0. The molecule has 0 bridgehead atoms. The summed E-state index contributed by atoms with van der Waals surface area (Å²) in [5.74, 6) is 0.629. The molecule has 0 atom stereocenters. The molecule has 0 saturated carbocycles. The predicted molar refractivity (Wildman–Crippen MR) is 80.6 cm³/mol. The van der Waals surface area contributed by atoms with Gasteiger partial charge in [0.2, 0.25) is 5.89 Å². The van der Waals surface area contributed by atoms with Crippen LogP contribution in [0.25, 0.3) is 33.5 Å². The highest BCUT2D eigenvalue weighted by molar-refractivity contribution is 7.07. The second kappa shape index (κ2) is 4.58. The molecule has 0 radical (unpaired) electrons. The van der Waals surface area contributed by atoms with Crippen LogP contribution >= 0.6 is 11.3 Å². The molecule has 0 N–H and O–H groups in total. The van der Waals surface area contributed by atoms with Gasteiger partial charge in [0, 0.05) is 10.9 Å². The van der Waals surface area contributed by atoms with Crippen molar-refractivity contribution in [3.8, 4) is 22.7 Å². The Labute approximate surface area is 119 Å². The molecule has 0 amide bonds. The van der Waals surface area contributed by atoms with Crippen molar-refractivity contribution in [1.82, 2.24) is 9.97 Å². The minimum absolute atomic E-state index is 0.629. The summed E-state index contributed by atoms with van der Waals surface area (Å²) >= 11 is 1.58. The van der Waals surface area contributed by atoms with E-state index in [2.05, 4.69) is 34.2 Å². The molecule has 4 rings (SSSR count). The molecule has 20 heavy (non-hydrogen) atoms. The quantitative estimate of drug-likeness (QED) is 0.537. The molecule has 0 aliphatic heterocycles. The van der Waals surface area contributed by atoms with Crippen molar-refractivity contribution in [2.24, 2.45) is 0 Å². The monoisotopic (exact) mass is 278 g/mol. The Kier molecular flexibility index (Phi) is 2.60. The average Bonchev–Trinajstić information content (AvgIpc) is 3.19. The number of fused-ring (bicyclic) bond motifs is 1. The fourth-order valence-electron chi connectivity index (χ4n) is 2.41. The summed E-state index contributed by atoms with van der Waals surface area (Å²) in [6.45, 7) is 0. The first-order valence-corrected chi connectivity index (χ1v) is 7.18. The number of aromatic nitrogens is 2. The SMILES string of the molecule is c1ccc2c(-c3ncco3)c(-c3cscn3)ccc2c1. The topological polar surface area (TPSA) is 38.9 Å². The van der Waals surface area contributed by atoms with E-state index < -0.39 is 0 Å². The Balaban J connectivity index is 2.12. The highest BCUT2D eigenvalue weighted by Crippen LogP contribution is 2.36. The Bertz CT molecular complexity index is 851. The summed E-state index contributed by atoms with van der Waals surface area (Å²) in [4.78, 5) is 8.73. The van der Waals surface area contributed by atoms with Gasteiger partial charge in [-0.15, -0.1) is 11.3 Å². The maximum Gasteiger partial charge on any atom is 0.227 e. The standard InChI is InChI=1S/C16H10N2OS/c1-2-4-12-11(3-1)5-6-13(14-9-20-10-18-14)15(12)16-17-7-8-19-16/h1-10H. The van der Waals surface area contributed by atoms with Crippen LogP contribution in [-0.2, 0) is 0 Å². The van der Waals surface area contributed by atoms with E-state index in [1.54, 1.807) is 23.8 Å². The van der Waals surface area contributed by atoms with E-state index in [-0.39, 0.29) is 0 Å². The Morgan fingerprint density at radius 2 is 1.95 bits per heavy atom. The summed E-state index contributed by atoms with van der Waals surface area (Å²) in [6, 6.07) is 12.4. The molecule has 4 heteroatoms. The number of rotatable bonds is 2. The smallest absolute Gasteiger partial charge is 0.227 e. The van der Waals surface area contributed by atoms with Crippen molar-refractivity contribution in [3.63, 3.8) is 0 Å². The van der Waals surface area contributed by atoms with Crippen molar-refractivity contribution in [3.05, 3.63) is 59.7 Å². The maximum atomic E-state index is 5.53. The summed E-state index contributed by atoms with van der Waals surface area (Å²) in [6.07, 6.45) is 3.27. The third-order valence-electron chi connectivity index (χ3n) is 3.28. The van der Waals surface area contributed by atoms with Crippen molar-refractivity contribution in [2.75, 3.05) is 0 Å². The molecule has 0 aliphatic rings. The van der Waals surface area contributed by atoms with Crippen LogP contribution in [0, 0.1) is 0 Å². The molecule has 0 saturated heterocycles. The summed E-state index contributed by atoms with van der Waals surface area (Å²) < 4.78 is 5.53. The van der Waals surface area contributed by atoms with E-state index in [1.807, 2.05) is 23.0 Å². The van der Waals surface area contributed by atoms with Crippen LogP contribution in [0.15, 0.2) is 64.2 Å². The highest BCUT2D eigenvalue weighted by Gasteiger charge is 2.15. The molecular formula is C16H10N2OS. The van der Waals surface area contributed by atoms with Crippen LogP contribution in [0.2, 0.25) is 0 Å². The first-order valence-electron chi connectivity index (χ1n) is 6.23. The Morgan fingerprint density at radius 3 is 2.75 bits per heavy atom. The van der Waals surface area contributed by atoms with Crippen molar-refractivity contribution in [2.45, 2.75) is 0 Å². The van der Waals surface area contributed by atoms with Crippen LogP contribution in [0.4, 0.5) is 0 Å². The highest BCUT2D eigenvalue weighted by atomic mass is 32.1. The second-order valence-corrected chi connectivity index (χ2v) is 5.14. The lowest BCUT2D eigenvalue weighted by Gasteiger charge is -2.08. The van der Waals surface area contributed by atoms with E-state index in [9.17, 15) is 0 Å². The first kappa shape index (κ1) is 11.4. The van der Waals surface area contributed by atoms with E-state index in [0.29, 0.717) is 5.89 Å². The zero-order valence-corrected chi connectivity index (χ0v) is 11.3. The number of oxazole rings is 1. The number of hydrogen-bond acceptors (Lipinski definition) is 4. The van der Waals surface area contributed by atoms with Gasteiger partial charge in [0.05, 0.1) is 23.0 Å². The van der Waals surface area contributed by atoms with Gasteiger partial charge in [-0.3, -0.25) is 0 Å². The number of nitrogens with zero attached hydrogens (tertiary/aromatic N) is 2. The van der Waals surface area contributed by atoms with E-state index >= 15 is 0 Å². The molecule has 3 nitrogen and oxygen atoms in total. The van der Waals surface area contributed by atoms with Crippen molar-refractivity contribution in [1.29, 1.82) is 0 Å². The lowest BCUT2D eigenvalue weighted by atomic mass is 9.97. The average molecular weight is 278 g/mol. The van der Waals surface area contributed by atoms with Crippen molar-refractivity contribution >= 4 is 22.1 Å². The van der Waals surface area contributed by atoms with E-state index in [1.165, 1.54) is 5.39 Å². The van der Waals surface area contributed by atoms with Gasteiger partial charge >= 0.3 is 0 Å². The molecule has 0 fully saturated rings. The second-order valence-electron chi connectivity index (χ2n) is 4.42. The van der Waals surface area contributed by atoms with Crippen LogP contribution in [0.1, 0.15) is 0 Å². The van der Waals surface area contributed by atoms with Gasteiger partial charge in [0.25, 0.3) is 0 Å². The molecule has 2 heterocycles. The van der Waals surface area contributed by atoms with Crippen LogP contribution in [0.5, 0.6) is 0 Å². The minimum atomic E-state index is 0.629. The summed E-state index contributed by atoms with van der Waals surface area (Å²) in [7, 11) is 0. The molecule has 0 aliphatic carbocycles. The lowest BCUT2D eigenvalue weighted by molar-refractivity contribution is 0.575. The van der Waals surface area contributed by atoms with E-state index in [0.717, 1.165) is 22.2 Å². The molecule has 0 unspecified atom stereocenters. The lowest BCUT2D eigenvalue weighted by Crippen LogP contribution is -1.88. The van der Waals surface area contributed by atoms with Gasteiger partial charge in [-0.1, -0.05) is 36.4 Å². The zero-order chi connectivity index (χ0) is 13.4. The van der Waals surface area contributed by atoms with Gasteiger partial charge in [-0.2, -0.15) is 0 Å². The number of thiazole rings is 1. The predicted octanol–water partition coefficient (Wildman–Crippen LogP) is 4.62. The molecular weight excluding hydrogens is 268 g/mol. The molecule has 0 spiro atoms. The third-order valence-corrected chi connectivity index (χ3v) is 3.87. The van der Waals surface area contributed by atoms with Crippen LogP contribution in [0.3, 0.4) is 0 Å². The van der Waals surface area contributed by atoms with Gasteiger partial charge in [-0.25, -0.2) is 9.97 Å². The van der Waals surface area contributed by atoms with Crippen molar-refractivity contribution < 1.29 is 4.42 Å². The molecule has 4 aromatic rings.